The van der Waals surface area contributed by atoms with Crippen molar-refractivity contribution in [2.75, 3.05) is 20.8 Å². The lowest BCUT2D eigenvalue weighted by Crippen LogP contribution is -2.32. The minimum atomic E-state index is -0.463. The summed E-state index contributed by atoms with van der Waals surface area (Å²) < 4.78 is 10.3. The normalized spacial score (nSPS) is 17.2. The molecule has 1 N–H and O–H groups in total. The molecule has 1 aromatic carbocycles. The molecule has 0 aliphatic carbocycles. The van der Waals surface area contributed by atoms with Crippen LogP contribution in [0.2, 0.25) is 0 Å². The summed E-state index contributed by atoms with van der Waals surface area (Å²) in [6.07, 6.45) is 0. The Morgan fingerprint density at radius 1 is 1.23 bits per heavy atom. The van der Waals surface area contributed by atoms with E-state index < -0.39 is 11.7 Å². The van der Waals surface area contributed by atoms with Crippen LogP contribution in [-0.4, -0.2) is 48.5 Å². The van der Waals surface area contributed by atoms with Crippen LogP contribution >= 0.6 is 0 Å². The number of benzene rings is 1. The summed E-state index contributed by atoms with van der Waals surface area (Å²) in [5.41, 5.74) is 0.0859. The molecule has 1 heterocycles. The average molecular weight is 305 g/mol. The van der Waals surface area contributed by atoms with Crippen molar-refractivity contribution in [1.82, 2.24) is 4.90 Å². The van der Waals surface area contributed by atoms with Crippen molar-refractivity contribution in [3.63, 3.8) is 0 Å². The van der Waals surface area contributed by atoms with Gasteiger partial charge in [-0.15, -0.1) is 0 Å². The zero-order valence-corrected chi connectivity index (χ0v) is 13.0. The van der Waals surface area contributed by atoms with Crippen molar-refractivity contribution in [2.45, 2.75) is 19.9 Å². The van der Waals surface area contributed by atoms with E-state index in [1.54, 1.807) is 18.2 Å². The van der Waals surface area contributed by atoms with Crippen LogP contribution in [0.5, 0.6) is 11.5 Å². The Hall–Kier alpha value is -2.50. The lowest BCUT2D eigenvalue weighted by Gasteiger charge is -2.18. The number of hydrogen-bond acceptors (Lipinski definition) is 5. The second-order valence-corrected chi connectivity index (χ2v) is 5.24. The second-order valence-electron chi connectivity index (χ2n) is 5.24. The number of carbonyl (C=O) groups is 2. The molecule has 1 fully saturated rings. The third kappa shape index (κ3) is 2.64. The summed E-state index contributed by atoms with van der Waals surface area (Å²) in [7, 11) is 2.95. The first-order valence-electron chi connectivity index (χ1n) is 6.90. The Bertz CT molecular complexity index is 648. The molecule has 6 nitrogen and oxygen atoms in total. The highest BCUT2D eigenvalue weighted by Crippen LogP contribution is 2.32. The molecule has 1 saturated heterocycles. The quantitative estimate of drug-likeness (QED) is 0.521. The number of nitrogens with zero attached hydrogens (tertiary/aromatic N) is 1. The van der Waals surface area contributed by atoms with Crippen LogP contribution in [0.4, 0.5) is 0 Å². The highest BCUT2D eigenvalue weighted by molar-refractivity contribution is 6.28. The van der Waals surface area contributed by atoms with Crippen LogP contribution in [0.15, 0.2) is 23.8 Å². The number of amides is 1. The van der Waals surface area contributed by atoms with Gasteiger partial charge in [-0.25, -0.2) is 0 Å². The second kappa shape index (κ2) is 6.09. The third-order valence-corrected chi connectivity index (χ3v) is 3.59. The Balaban J connectivity index is 2.52. The summed E-state index contributed by atoms with van der Waals surface area (Å²) in [6.45, 7) is 3.62. The number of ether oxygens (including phenoxy) is 2. The molecule has 2 rings (SSSR count). The van der Waals surface area contributed by atoms with Gasteiger partial charge in [0.25, 0.3) is 5.91 Å². The molecule has 0 atom stereocenters. The van der Waals surface area contributed by atoms with E-state index in [9.17, 15) is 14.7 Å². The van der Waals surface area contributed by atoms with Crippen molar-refractivity contribution in [2.24, 2.45) is 0 Å². The van der Waals surface area contributed by atoms with Crippen LogP contribution in [0, 0.1) is 0 Å². The number of rotatable bonds is 4. The maximum Gasteiger partial charge on any atom is 0.262 e. The number of aliphatic hydroxyl groups is 1. The van der Waals surface area contributed by atoms with Crippen LogP contribution < -0.4 is 9.47 Å². The molecule has 1 amide bonds. The number of aliphatic hydroxyl groups excluding tert-OH is 1. The Labute approximate surface area is 128 Å². The Morgan fingerprint density at radius 2 is 1.91 bits per heavy atom. The zero-order valence-electron chi connectivity index (χ0n) is 13.0. The molecule has 1 aromatic rings. The molecule has 0 spiro atoms. The molecule has 22 heavy (non-hydrogen) atoms. The number of Topliss-reactive ketones (excluding diaryl/α,β-unsaturated/α-hetero) is 1. The lowest BCUT2D eigenvalue weighted by atomic mass is 10.1. The van der Waals surface area contributed by atoms with E-state index >= 15 is 0 Å². The molecule has 0 unspecified atom stereocenters. The van der Waals surface area contributed by atoms with E-state index in [1.165, 1.54) is 19.1 Å². The lowest BCUT2D eigenvalue weighted by molar-refractivity contribution is -0.126. The van der Waals surface area contributed by atoms with Gasteiger partial charge in [-0.1, -0.05) is 0 Å². The van der Waals surface area contributed by atoms with Crippen LogP contribution in [-0.2, 0) is 9.59 Å². The summed E-state index contributed by atoms with van der Waals surface area (Å²) in [5.74, 6) is -0.346. The van der Waals surface area contributed by atoms with Gasteiger partial charge < -0.3 is 19.5 Å². The fourth-order valence-electron chi connectivity index (χ4n) is 2.35. The van der Waals surface area contributed by atoms with Crippen molar-refractivity contribution >= 4 is 17.4 Å². The average Bonchev–Trinajstić information content (AvgIpc) is 2.81. The van der Waals surface area contributed by atoms with Gasteiger partial charge in [-0.3, -0.25) is 9.59 Å². The predicted molar refractivity (Wildman–Crippen MR) is 81.0 cm³/mol. The largest absolute Gasteiger partial charge is 0.506 e. The topological polar surface area (TPSA) is 76.1 Å². The molecular weight excluding hydrogens is 286 g/mol. The van der Waals surface area contributed by atoms with Crippen molar-refractivity contribution in [1.29, 1.82) is 0 Å². The molecule has 1 aliphatic rings. The predicted octanol–water partition coefficient (Wildman–Crippen LogP) is 1.79. The maximum atomic E-state index is 12.3. The Kier molecular flexibility index (Phi) is 4.40. The summed E-state index contributed by atoms with van der Waals surface area (Å²) >= 11 is 0. The maximum absolute atomic E-state index is 12.3. The summed E-state index contributed by atoms with van der Waals surface area (Å²) in [6, 6.07) is 4.65. The standard InChI is InChI=1S/C16H19NO5/c1-9(2)17-8-12(18)14(16(17)20)15(19)11-6-5-10(21-3)7-13(11)22-4/h5-7,9,19H,8H2,1-4H3/b15-14-. The molecule has 118 valence electrons. The van der Waals surface area contributed by atoms with Gasteiger partial charge in [-0.2, -0.15) is 0 Å². The SMILES string of the molecule is COc1ccc(/C(O)=C2\C(=O)CN(C(C)C)C2=O)c(OC)c1. The monoisotopic (exact) mass is 305 g/mol. The van der Waals surface area contributed by atoms with Crippen molar-refractivity contribution < 1.29 is 24.2 Å². The first-order chi connectivity index (χ1) is 10.4. The van der Waals surface area contributed by atoms with E-state index in [-0.39, 0.29) is 29.5 Å². The van der Waals surface area contributed by atoms with E-state index in [0.717, 1.165) is 0 Å². The number of carbonyl (C=O) groups excluding carboxylic acids is 2. The van der Waals surface area contributed by atoms with E-state index in [2.05, 4.69) is 0 Å². The van der Waals surface area contributed by atoms with Gasteiger partial charge in [0.15, 0.2) is 5.78 Å². The van der Waals surface area contributed by atoms with Gasteiger partial charge in [0.2, 0.25) is 0 Å². The first-order valence-corrected chi connectivity index (χ1v) is 6.90. The van der Waals surface area contributed by atoms with E-state index in [0.29, 0.717) is 11.5 Å². The summed E-state index contributed by atoms with van der Waals surface area (Å²) in [5, 5.41) is 10.4. The molecule has 6 heteroatoms. The van der Waals surface area contributed by atoms with E-state index in [1.807, 2.05) is 13.8 Å². The van der Waals surface area contributed by atoms with Gasteiger partial charge >= 0.3 is 0 Å². The minimum absolute atomic E-state index is 0.0195. The van der Waals surface area contributed by atoms with Gasteiger partial charge in [0, 0.05) is 12.1 Å². The molecule has 0 aromatic heterocycles. The van der Waals surface area contributed by atoms with Crippen LogP contribution in [0.25, 0.3) is 5.76 Å². The number of likely N-dealkylation sites (tertiary alicyclic amines) is 1. The molecule has 1 aliphatic heterocycles. The summed E-state index contributed by atoms with van der Waals surface area (Å²) in [4.78, 5) is 25.8. The van der Waals surface area contributed by atoms with Crippen LogP contribution in [0.1, 0.15) is 19.4 Å². The van der Waals surface area contributed by atoms with E-state index in [4.69, 9.17) is 9.47 Å². The first kappa shape index (κ1) is 15.9. The number of ketones is 1. The Morgan fingerprint density at radius 3 is 2.41 bits per heavy atom. The highest BCUT2D eigenvalue weighted by Gasteiger charge is 2.38. The minimum Gasteiger partial charge on any atom is -0.506 e. The van der Waals surface area contributed by atoms with Crippen molar-refractivity contribution in [3.8, 4) is 11.5 Å². The molecule has 0 saturated carbocycles. The molecule has 0 radical (unpaired) electrons. The number of hydrogen-bond donors (Lipinski definition) is 1. The number of methoxy groups -OCH3 is 2. The van der Waals surface area contributed by atoms with Crippen molar-refractivity contribution in [3.05, 3.63) is 29.3 Å². The van der Waals surface area contributed by atoms with Gasteiger partial charge in [0.05, 0.1) is 26.3 Å². The highest BCUT2D eigenvalue weighted by atomic mass is 16.5. The zero-order chi connectivity index (χ0) is 16.4. The fourth-order valence-corrected chi connectivity index (χ4v) is 2.35. The third-order valence-electron chi connectivity index (χ3n) is 3.59. The van der Waals surface area contributed by atoms with Gasteiger partial charge in [0.1, 0.15) is 22.8 Å². The molecular formula is C16H19NO5. The molecule has 0 bridgehead atoms. The van der Waals surface area contributed by atoms with Crippen LogP contribution in [0.3, 0.4) is 0 Å². The smallest absolute Gasteiger partial charge is 0.262 e. The van der Waals surface area contributed by atoms with Gasteiger partial charge in [-0.05, 0) is 26.0 Å². The fraction of sp³-hybridized carbons (Fsp3) is 0.375.